The summed E-state index contributed by atoms with van der Waals surface area (Å²) in [6, 6.07) is 14.6. The van der Waals surface area contributed by atoms with Gasteiger partial charge < -0.3 is 14.7 Å². The second kappa shape index (κ2) is 9.37. The number of Topliss-reactive ketones (excluding diaryl/α,β-unsaturated/α-hetero) is 1. The molecule has 4 heteroatoms. The van der Waals surface area contributed by atoms with Crippen molar-refractivity contribution in [2.75, 3.05) is 26.2 Å². The third kappa shape index (κ3) is 4.04. The highest BCUT2D eigenvalue weighted by molar-refractivity contribution is 5.87. The number of phenolic OH excluding ortho intramolecular Hbond substituents is 1. The van der Waals surface area contributed by atoms with E-state index in [2.05, 4.69) is 56.0 Å². The van der Waals surface area contributed by atoms with Crippen molar-refractivity contribution in [1.82, 2.24) is 4.90 Å². The van der Waals surface area contributed by atoms with Gasteiger partial charge in [0, 0.05) is 18.4 Å². The SMILES string of the molecule is CCN(CC)CCOc1ccc([C@H]2C[C@]3(C)C(=O)CCC3C3CCc4cc(O)ccc4C32)cc1. The minimum absolute atomic E-state index is 0.209. The standard InChI is InChI=1S/C30H39NO3/c1-4-31(5-2)16-17-34-23-10-6-20(7-11-23)26-19-30(3)27(14-15-28(30)33)25-12-8-21-18-22(32)9-13-24(21)29(25)26/h6-7,9-11,13,18,25-27,29,32H,4-5,8,12,14-17,19H2,1-3H3/t25?,26-,27?,29?,30+/m1/s1. The van der Waals surface area contributed by atoms with Gasteiger partial charge in [0.25, 0.3) is 0 Å². The van der Waals surface area contributed by atoms with Gasteiger partial charge in [-0.2, -0.15) is 0 Å². The number of ketones is 1. The summed E-state index contributed by atoms with van der Waals surface area (Å²) in [6.45, 7) is 10.3. The molecule has 0 aromatic heterocycles. The third-order valence-corrected chi connectivity index (χ3v) is 9.30. The van der Waals surface area contributed by atoms with Crippen molar-refractivity contribution in [1.29, 1.82) is 0 Å². The fraction of sp³-hybridized carbons (Fsp3) is 0.567. The van der Waals surface area contributed by atoms with Gasteiger partial charge in [-0.3, -0.25) is 4.79 Å². The Hall–Kier alpha value is -2.33. The highest BCUT2D eigenvalue weighted by Gasteiger charge is 2.57. The van der Waals surface area contributed by atoms with Gasteiger partial charge in [-0.25, -0.2) is 0 Å². The second-order valence-electron chi connectivity index (χ2n) is 10.9. The van der Waals surface area contributed by atoms with Crippen molar-refractivity contribution in [3.8, 4) is 11.5 Å². The number of rotatable bonds is 7. The number of carbonyl (C=O) groups is 1. The maximum atomic E-state index is 13.1. The molecule has 0 aliphatic heterocycles. The third-order valence-electron chi connectivity index (χ3n) is 9.30. The van der Waals surface area contributed by atoms with Gasteiger partial charge in [0.2, 0.25) is 0 Å². The number of hydrogen-bond acceptors (Lipinski definition) is 4. The summed E-state index contributed by atoms with van der Waals surface area (Å²) in [5.74, 6) is 3.45. The van der Waals surface area contributed by atoms with E-state index >= 15 is 0 Å². The summed E-state index contributed by atoms with van der Waals surface area (Å²) >= 11 is 0. The summed E-state index contributed by atoms with van der Waals surface area (Å²) in [5.41, 5.74) is 3.78. The molecule has 1 N–H and O–H groups in total. The number of ether oxygens (including phenoxy) is 1. The molecule has 3 aliphatic rings. The smallest absolute Gasteiger partial charge is 0.139 e. The molecule has 0 saturated heterocycles. The van der Waals surface area contributed by atoms with Crippen LogP contribution in [0, 0.1) is 17.3 Å². The Balaban J connectivity index is 1.43. The van der Waals surface area contributed by atoms with Gasteiger partial charge in [-0.1, -0.05) is 39.0 Å². The molecule has 34 heavy (non-hydrogen) atoms. The topological polar surface area (TPSA) is 49.8 Å². The maximum absolute atomic E-state index is 13.1. The van der Waals surface area contributed by atoms with Crippen LogP contribution in [0.15, 0.2) is 42.5 Å². The van der Waals surface area contributed by atoms with Gasteiger partial charge in [0.05, 0.1) is 0 Å². The number of phenols is 1. The molecule has 0 radical (unpaired) electrons. The molecule has 182 valence electrons. The Morgan fingerprint density at radius 1 is 1.06 bits per heavy atom. The summed E-state index contributed by atoms with van der Waals surface area (Å²) in [4.78, 5) is 15.5. The molecule has 5 atom stereocenters. The lowest BCUT2D eigenvalue weighted by Gasteiger charge is -2.52. The Morgan fingerprint density at radius 2 is 1.82 bits per heavy atom. The largest absolute Gasteiger partial charge is 0.508 e. The number of likely N-dealkylation sites (N-methyl/N-ethyl adjacent to an activating group) is 1. The van der Waals surface area contributed by atoms with Crippen molar-refractivity contribution >= 4 is 5.78 Å². The highest BCUT2D eigenvalue weighted by atomic mass is 16.5. The van der Waals surface area contributed by atoms with E-state index in [0.29, 0.717) is 41.8 Å². The average Bonchev–Trinajstić information content (AvgIpc) is 3.15. The lowest BCUT2D eigenvalue weighted by molar-refractivity contribution is -0.130. The fourth-order valence-electron chi connectivity index (χ4n) is 7.43. The van der Waals surface area contributed by atoms with Crippen LogP contribution in [-0.2, 0) is 11.2 Å². The summed E-state index contributed by atoms with van der Waals surface area (Å²) in [7, 11) is 0. The number of benzene rings is 2. The second-order valence-corrected chi connectivity index (χ2v) is 10.9. The van der Waals surface area contributed by atoms with E-state index < -0.39 is 0 Å². The van der Waals surface area contributed by atoms with Crippen molar-refractivity contribution in [3.05, 3.63) is 59.2 Å². The molecule has 3 aliphatic carbocycles. The minimum Gasteiger partial charge on any atom is -0.508 e. The molecule has 0 heterocycles. The number of aromatic hydroxyl groups is 1. The van der Waals surface area contributed by atoms with Crippen LogP contribution in [0.5, 0.6) is 11.5 Å². The number of nitrogens with zero attached hydrogens (tertiary/aromatic N) is 1. The van der Waals surface area contributed by atoms with Crippen molar-refractivity contribution in [2.45, 2.75) is 64.7 Å². The summed E-state index contributed by atoms with van der Waals surface area (Å²) in [6.07, 6.45) is 4.80. The molecule has 2 aromatic carbocycles. The Kier molecular flexibility index (Phi) is 6.45. The van der Waals surface area contributed by atoms with Gasteiger partial charge in [-0.15, -0.1) is 0 Å². The van der Waals surface area contributed by atoms with E-state index in [4.69, 9.17) is 4.74 Å². The molecular formula is C30H39NO3. The zero-order chi connectivity index (χ0) is 23.9. The Labute approximate surface area is 204 Å². The van der Waals surface area contributed by atoms with Crippen LogP contribution in [0.4, 0.5) is 0 Å². The molecule has 0 spiro atoms. The minimum atomic E-state index is -0.209. The first-order valence-corrected chi connectivity index (χ1v) is 13.2. The normalized spacial score (nSPS) is 30.1. The predicted molar refractivity (Wildman–Crippen MR) is 136 cm³/mol. The Bertz CT molecular complexity index is 1030. The van der Waals surface area contributed by atoms with Crippen molar-refractivity contribution in [2.24, 2.45) is 17.3 Å². The molecule has 2 fully saturated rings. The molecule has 0 bridgehead atoms. The van der Waals surface area contributed by atoms with Crippen LogP contribution in [0.3, 0.4) is 0 Å². The van der Waals surface area contributed by atoms with Crippen LogP contribution in [0.2, 0.25) is 0 Å². The molecule has 2 aromatic rings. The number of carbonyl (C=O) groups excluding carboxylic acids is 1. The van der Waals surface area contributed by atoms with Gasteiger partial charge >= 0.3 is 0 Å². The van der Waals surface area contributed by atoms with Crippen LogP contribution in [0.25, 0.3) is 0 Å². The first kappa shape index (κ1) is 23.4. The van der Waals surface area contributed by atoms with E-state index in [-0.39, 0.29) is 5.41 Å². The van der Waals surface area contributed by atoms with E-state index in [1.54, 1.807) is 0 Å². The highest BCUT2D eigenvalue weighted by Crippen LogP contribution is 2.64. The van der Waals surface area contributed by atoms with Crippen LogP contribution >= 0.6 is 0 Å². The van der Waals surface area contributed by atoms with Crippen LogP contribution < -0.4 is 4.74 Å². The molecule has 3 unspecified atom stereocenters. The molecule has 5 rings (SSSR count). The van der Waals surface area contributed by atoms with E-state index in [0.717, 1.165) is 57.5 Å². The van der Waals surface area contributed by atoms with Crippen molar-refractivity contribution < 1.29 is 14.6 Å². The van der Waals surface area contributed by atoms with Gasteiger partial charge in [0.15, 0.2) is 0 Å². The number of fused-ring (bicyclic) bond motifs is 5. The first-order valence-electron chi connectivity index (χ1n) is 13.2. The quantitative estimate of drug-likeness (QED) is 0.555. The molecular weight excluding hydrogens is 422 g/mol. The predicted octanol–water partition coefficient (Wildman–Crippen LogP) is 5.93. The fourth-order valence-corrected chi connectivity index (χ4v) is 7.43. The zero-order valence-electron chi connectivity index (χ0n) is 20.9. The lowest BCUT2D eigenvalue weighted by atomic mass is 9.51. The summed E-state index contributed by atoms with van der Waals surface area (Å²) < 4.78 is 6.04. The molecule has 0 amide bonds. The molecule has 4 nitrogen and oxygen atoms in total. The van der Waals surface area contributed by atoms with Crippen LogP contribution in [0.1, 0.15) is 75.0 Å². The first-order chi connectivity index (χ1) is 16.4. The van der Waals surface area contributed by atoms with Crippen molar-refractivity contribution in [3.63, 3.8) is 0 Å². The zero-order valence-corrected chi connectivity index (χ0v) is 20.9. The molecule has 2 saturated carbocycles. The van der Waals surface area contributed by atoms with E-state index in [9.17, 15) is 9.90 Å². The average molecular weight is 462 g/mol. The van der Waals surface area contributed by atoms with E-state index in [1.165, 1.54) is 16.7 Å². The Morgan fingerprint density at radius 3 is 2.56 bits per heavy atom. The van der Waals surface area contributed by atoms with Gasteiger partial charge in [0.1, 0.15) is 23.9 Å². The number of hydrogen-bond donors (Lipinski definition) is 1. The lowest BCUT2D eigenvalue weighted by Crippen LogP contribution is -2.45. The summed E-state index contributed by atoms with van der Waals surface area (Å²) in [5, 5.41) is 10.1. The number of aryl methyl sites for hydroxylation is 1. The monoisotopic (exact) mass is 461 g/mol. The van der Waals surface area contributed by atoms with E-state index in [1.807, 2.05) is 12.1 Å². The maximum Gasteiger partial charge on any atom is 0.139 e. The van der Waals surface area contributed by atoms with Gasteiger partial charge in [-0.05, 0) is 103 Å². The van der Waals surface area contributed by atoms with Crippen LogP contribution in [-0.4, -0.2) is 42.0 Å².